The molecule has 0 saturated heterocycles. The second-order valence-electron chi connectivity index (χ2n) is 6.90. The molecule has 0 aliphatic carbocycles. The Labute approximate surface area is 184 Å². The minimum absolute atomic E-state index is 0.0948. The summed E-state index contributed by atoms with van der Waals surface area (Å²) in [6, 6.07) is 13.2. The summed E-state index contributed by atoms with van der Waals surface area (Å²) in [6.45, 7) is 1.80. The number of ether oxygens (including phenoxy) is 1. The molecule has 6 nitrogen and oxygen atoms in total. The van der Waals surface area contributed by atoms with Crippen LogP contribution in [0.3, 0.4) is 0 Å². The predicted octanol–water partition coefficient (Wildman–Crippen LogP) is 5.72. The molecule has 32 heavy (non-hydrogen) atoms. The van der Waals surface area contributed by atoms with Gasteiger partial charge in [0.2, 0.25) is 11.2 Å². The van der Waals surface area contributed by atoms with Crippen LogP contribution in [-0.2, 0) is 6.18 Å². The first-order valence-electron chi connectivity index (χ1n) is 9.28. The highest BCUT2D eigenvalue weighted by Crippen LogP contribution is 2.39. The van der Waals surface area contributed by atoms with E-state index in [1.54, 1.807) is 43.3 Å². The van der Waals surface area contributed by atoms with Gasteiger partial charge in [0.05, 0.1) is 5.56 Å². The van der Waals surface area contributed by atoms with Crippen molar-refractivity contribution in [3.63, 3.8) is 0 Å². The van der Waals surface area contributed by atoms with E-state index in [-0.39, 0.29) is 17.1 Å². The van der Waals surface area contributed by atoms with Crippen molar-refractivity contribution in [2.75, 3.05) is 0 Å². The van der Waals surface area contributed by atoms with Gasteiger partial charge in [-0.3, -0.25) is 15.8 Å². The van der Waals surface area contributed by atoms with Crippen molar-refractivity contribution in [3.8, 4) is 22.8 Å². The molecule has 2 N–H and O–H groups in total. The highest BCUT2D eigenvalue weighted by atomic mass is 35.5. The zero-order valence-electron chi connectivity index (χ0n) is 16.5. The Kier molecular flexibility index (Phi) is 5.43. The molecule has 0 spiro atoms. The van der Waals surface area contributed by atoms with Gasteiger partial charge in [0.1, 0.15) is 5.75 Å². The number of hydrogen-bond acceptors (Lipinski definition) is 5. The number of aryl methyl sites for hydroxylation is 1. The number of alkyl halides is 3. The maximum atomic E-state index is 13.4. The van der Waals surface area contributed by atoms with Crippen molar-refractivity contribution in [1.29, 1.82) is 10.8 Å². The van der Waals surface area contributed by atoms with E-state index < -0.39 is 17.0 Å². The molecule has 4 aromatic rings. The Morgan fingerprint density at radius 1 is 1.06 bits per heavy atom. The third kappa shape index (κ3) is 4.06. The summed E-state index contributed by atoms with van der Waals surface area (Å²) in [5.41, 5.74) is 0.636. The maximum absolute atomic E-state index is 13.4. The van der Waals surface area contributed by atoms with Crippen LogP contribution in [0.1, 0.15) is 11.3 Å². The summed E-state index contributed by atoms with van der Waals surface area (Å²) in [5.74, 6) is -0.198. The van der Waals surface area contributed by atoms with Crippen LogP contribution >= 0.6 is 11.6 Å². The molecule has 0 saturated carbocycles. The molecule has 0 aliphatic heterocycles. The number of benzene rings is 2. The van der Waals surface area contributed by atoms with E-state index in [0.29, 0.717) is 21.9 Å². The zero-order chi connectivity index (χ0) is 23.0. The lowest BCUT2D eigenvalue weighted by molar-refractivity contribution is -0.137. The number of halogens is 4. The molecule has 2 heterocycles. The van der Waals surface area contributed by atoms with E-state index in [9.17, 15) is 13.2 Å². The number of hydrogen-bond donors (Lipinski definition) is 2. The van der Waals surface area contributed by atoms with Crippen LogP contribution in [0.25, 0.3) is 21.9 Å². The molecule has 162 valence electrons. The molecular weight excluding hydrogens is 443 g/mol. The van der Waals surface area contributed by atoms with Gasteiger partial charge in [-0.15, -0.1) is 5.10 Å². The SMILES string of the molecule is Cc1ccc(-c2ccc(C(F)(F)F)cc2Oc2nn(C(=N)Cl)c(=N)c3ccccc23)cn1. The highest BCUT2D eigenvalue weighted by Gasteiger charge is 2.31. The van der Waals surface area contributed by atoms with Crippen LogP contribution in [0.4, 0.5) is 13.2 Å². The fraction of sp³-hybridized carbons (Fsp3) is 0.0909. The molecule has 2 aromatic heterocycles. The average Bonchev–Trinajstić information content (AvgIpc) is 2.75. The van der Waals surface area contributed by atoms with Crippen LogP contribution < -0.4 is 10.2 Å². The van der Waals surface area contributed by atoms with Crippen molar-refractivity contribution in [2.24, 2.45) is 0 Å². The molecular formula is C22H15ClF3N5O. The highest BCUT2D eigenvalue weighted by molar-refractivity contribution is 6.64. The second-order valence-corrected chi connectivity index (χ2v) is 7.26. The van der Waals surface area contributed by atoms with Crippen molar-refractivity contribution in [3.05, 3.63) is 77.5 Å². The van der Waals surface area contributed by atoms with Gasteiger partial charge in [-0.1, -0.05) is 24.3 Å². The summed E-state index contributed by atoms with van der Waals surface area (Å²) in [6.07, 6.45) is -3.04. The molecule has 4 rings (SSSR count). The Morgan fingerprint density at radius 3 is 2.41 bits per heavy atom. The van der Waals surface area contributed by atoms with E-state index in [1.165, 1.54) is 12.3 Å². The summed E-state index contributed by atoms with van der Waals surface area (Å²) < 4.78 is 47.0. The van der Waals surface area contributed by atoms with Gasteiger partial charge in [-0.25, -0.2) is 0 Å². The number of pyridine rings is 1. The summed E-state index contributed by atoms with van der Waals surface area (Å²) in [7, 11) is 0. The van der Waals surface area contributed by atoms with Crippen LogP contribution in [0.5, 0.6) is 11.6 Å². The Morgan fingerprint density at radius 2 is 1.78 bits per heavy atom. The molecule has 2 aromatic carbocycles. The van der Waals surface area contributed by atoms with E-state index in [2.05, 4.69) is 10.1 Å². The van der Waals surface area contributed by atoms with Gasteiger partial charge in [0.15, 0.2) is 5.49 Å². The number of nitrogens with zero attached hydrogens (tertiary/aromatic N) is 3. The first-order valence-corrected chi connectivity index (χ1v) is 9.66. The first-order chi connectivity index (χ1) is 15.1. The maximum Gasteiger partial charge on any atom is 0.416 e. The third-order valence-corrected chi connectivity index (χ3v) is 4.90. The van der Waals surface area contributed by atoms with Gasteiger partial charge < -0.3 is 4.74 Å². The zero-order valence-corrected chi connectivity index (χ0v) is 17.3. The number of rotatable bonds is 3. The minimum Gasteiger partial charge on any atom is -0.436 e. The van der Waals surface area contributed by atoms with E-state index in [4.69, 9.17) is 27.2 Å². The van der Waals surface area contributed by atoms with E-state index in [1.807, 2.05) is 0 Å². The molecule has 0 fully saturated rings. The topological polar surface area (TPSA) is 87.6 Å². The largest absolute Gasteiger partial charge is 0.436 e. The summed E-state index contributed by atoms with van der Waals surface area (Å²) in [5, 5.41) is 20.2. The molecule has 10 heteroatoms. The van der Waals surface area contributed by atoms with Gasteiger partial charge in [-0.05, 0) is 48.9 Å². The van der Waals surface area contributed by atoms with Crippen LogP contribution in [-0.4, -0.2) is 20.1 Å². The van der Waals surface area contributed by atoms with Gasteiger partial charge in [0, 0.05) is 33.8 Å². The summed E-state index contributed by atoms with van der Waals surface area (Å²) in [4.78, 5) is 4.21. The quantitative estimate of drug-likeness (QED) is 0.304. The van der Waals surface area contributed by atoms with Crippen molar-refractivity contribution >= 4 is 27.7 Å². The van der Waals surface area contributed by atoms with Crippen LogP contribution in [0.2, 0.25) is 0 Å². The molecule has 0 radical (unpaired) electrons. The lowest BCUT2D eigenvalue weighted by Crippen LogP contribution is -2.27. The normalized spacial score (nSPS) is 11.5. The Bertz CT molecular complexity index is 1400. The molecule has 0 amide bonds. The van der Waals surface area contributed by atoms with E-state index in [0.717, 1.165) is 22.5 Å². The van der Waals surface area contributed by atoms with Crippen molar-refractivity contribution in [1.82, 2.24) is 14.8 Å². The Hall–Kier alpha value is -3.72. The van der Waals surface area contributed by atoms with Gasteiger partial charge >= 0.3 is 6.18 Å². The second kappa shape index (κ2) is 8.08. The lowest BCUT2D eigenvalue weighted by Gasteiger charge is -2.16. The van der Waals surface area contributed by atoms with Crippen LogP contribution in [0.15, 0.2) is 60.8 Å². The molecule has 0 bridgehead atoms. The Balaban J connectivity index is 1.95. The number of fused-ring (bicyclic) bond motifs is 1. The molecule has 0 unspecified atom stereocenters. The smallest absolute Gasteiger partial charge is 0.416 e. The van der Waals surface area contributed by atoms with Gasteiger partial charge in [0.25, 0.3) is 0 Å². The van der Waals surface area contributed by atoms with Crippen molar-refractivity contribution < 1.29 is 17.9 Å². The summed E-state index contributed by atoms with van der Waals surface area (Å²) >= 11 is 5.76. The third-order valence-electron chi connectivity index (χ3n) is 4.74. The predicted molar refractivity (Wildman–Crippen MR) is 114 cm³/mol. The lowest BCUT2D eigenvalue weighted by atomic mass is 10.0. The monoisotopic (exact) mass is 457 g/mol. The molecule has 0 atom stereocenters. The first kappa shape index (κ1) is 21.5. The van der Waals surface area contributed by atoms with Crippen LogP contribution in [0, 0.1) is 17.7 Å². The fourth-order valence-electron chi connectivity index (χ4n) is 3.16. The van der Waals surface area contributed by atoms with Gasteiger partial charge in [-0.2, -0.15) is 17.9 Å². The molecule has 0 aliphatic rings. The standard InChI is InChI=1S/C22H15ClF3N5O/c1-12-6-7-13(11-29-12)15-9-8-14(22(24,25)26)10-18(15)32-20-17-5-3-2-4-16(17)19(27)31(30-20)21(23)28/h2-11,27-28H,1H3. The minimum atomic E-state index is -4.58. The number of nitrogens with one attached hydrogen (secondary N) is 2. The number of aromatic nitrogens is 3. The fourth-order valence-corrected chi connectivity index (χ4v) is 3.28. The van der Waals surface area contributed by atoms with Crippen molar-refractivity contribution in [2.45, 2.75) is 13.1 Å². The average molecular weight is 458 g/mol. The van der Waals surface area contributed by atoms with E-state index >= 15 is 0 Å².